The Balaban J connectivity index is 1.62. The predicted molar refractivity (Wildman–Crippen MR) is 125 cm³/mol. The van der Waals surface area contributed by atoms with Crippen LogP contribution < -0.4 is 0 Å². The van der Waals surface area contributed by atoms with Crippen LogP contribution in [0.4, 0.5) is 4.39 Å². The maximum atomic E-state index is 13.7. The third-order valence-electron chi connectivity index (χ3n) is 6.34. The standard InChI is InChI=1S/C25H21FN6OS/c1-15-20(13-30-32(15)21-4-2-3-5-22(21)33)17-9-24(25-18(11-28)12-29-31(25)14-17)34-23-7-6-19(26)8-16(23)10-27/h6-9,12-14,21-22,33H,2-5H2,1H3/t21?,22-/m0/s1. The Morgan fingerprint density at radius 3 is 2.62 bits per heavy atom. The van der Waals surface area contributed by atoms with E-state index >= 15 is 0 Å². The molecule has 7 nitrogen and oxygen atoms in total. The summed E-state index contributed by atoms with van der Waals surface area (Å²) in [7, 11) is 0. The van der Waals surface area contributed by atoms with E-state index in [1.807, 2.05) is 29.9 Å². The van der Waals surface area contributed by atoms with Gasteiger partial charge in [0.2, 0.25) is 0 Å². The number of hydrogen-bond acceptors (Lipinski definition) is 6. The first-order chi connectivity index (χ1) is 16.5. The second-order valence-electron chi connectivity index (χ2n) is 8.42. The first-order valence-electron chi connectivity index (χ1n) is 11.0. The van der Waals surface area contributed by atoms with Crippen molar-refractivity contribution in [3.8, 4) is 23.3 Å². The van der Waals surface area contributed by atoms with E-state index < -0.39 is 11.9 Å². The second-order valence-corrected chi connectivity index (χ2v) is 9.50. The molecular weight excluding hydrogens is 451 g/mol. The molecule has 1 aromatic carbocycles. The fraction of sp³-hybridized carbons (Fsp3) is 0.280. The molecule has 0 amide bonds. The number of fused-ring (bicyclic) bond motifs is 1. The first kappa shape index (κ1) is 22.1. The minimum absolute atomic E-state index is 0.0487. The van der Waals surface area contributed by atoms with Crippen molar-refractivity contribution in [2.45, 2.75) is 54.5 Å². The van der Waals surface area contributed by atoms with Gasteiger partial charge in [-0.15, -0.1) is 0 Å². The molecule has 4 aromatic rings. The Labute approximate surface area is 200 Å². The fourth-order valence-corrected chi connectivity index (χ4v) is 5.68. The van der Waals surface area contributed by atoms with Gasteiger partial charge in [-0.25, -0.2) is 8.91 Å². The van der Waals surface area contributed by atoms with E-state index in [2.05, 4.69) is 16.3 Å². The van der Waals surface area contributed by atoms with Crippen LogP contribution in [0.1, 0.15) is 48.5 Å². The summed E-state index contributed by atoms with van der Waals surface area (Å²) in [5, 5.41) is 38.6. The molecule has 34 heavy (non-hydrogen) atoms. The summed E-state index contributed by atoms with van der Waals surface area (Å²) in [4.78, 5) is 1.31. The number of halogens is 1. The summed E-state index contributed by atoms with van der Waals surface area (Å²) < 4.78 is 17.2. The van der Waals surface area contributed by atoms with E-state index in [1.54, 1.807) is 16.8 Å². The molecule has 9 heteroatoms. The van der Waals surface area contributed by atoms with E-state index in [9.17, 15) is 20.0 Å². The number of rotatable bonds is 4. The highest BCUT2D eigenvalue weighted by atomic mass is 32.2. The second kappa shape index (κ2) is 8.94. The number of benzene rings is 1. The zero-order valence-electron chi connectivity index (χ0n) is 18.4. The normalized spacial score (nSPS) is 18.0. The molecule has 1 saturated carbocycles. The van der Waals surface area contributed by atoms with Gasteiger partial charge in [0, 0.05) is 32.8 Å². The maximum absolute atomic E-state index is 13.7. The zero-order valence-corrected chi connectivity index (χ0v) is 19.3. The number of hydrogen-bond donors (Lipinski definition) is 1. The highest BCUT2D eigenvalue weighted by Gasteiger charge is 2.27. The molecule has 5 rings (SSSR count). The van der Waals surface area contributed by atoms with E-state index in [0.29, 0.717) is 16.0 Å². The van der Waals surface area contributed by atoms with Gasteiger partial charge in [0.15, 0.2) is 0 Å². The van der Waals surface area contributed by atoms with E-state index in [-0.39, 0.29) is 11.6 Å². The lowest BCUT2D eigenvalue weighted by Crippen LogP contribution is -2.28. The molecule has 0 saturated heterocycles. The lowest BCUT2D eigenvalue weighted by molar-refractivity contribution is 0.0684. The van der Waals surface area contributed by atoms with Crippen LogP contribution in [0.2, 0.25) is 0 Å². The third kappa shape index (κ3) is 3.83. The van der Waals surface area contributed by atoms with Gasteiger partial charge >= 0.3 is 0 Å². The summed E-state index contributed by atoms with van der Waals surface area (Å²) in [6, 6.07) is 10.2. The van der Waals surface area contributed by atoms with Crippen molar-refractivity contribution < 1.29 is 9.50 Å². The average molecular weight is 473 g/mol. The van der Waals surface area contributed by atoms with Gasteiger partial charge in [0.25, 0.3) is 0 Å². The SMILES string of the molecule is Cc1c(-c2cc(Sc3ccc(F)cc3C#N)c3c(C#N)cnn3c2)cnn1C1CCCC[C@@H]1O. The lowest BCUT2D eigenvalue weighted by atomic mass is 9.92. The average Bonchev–Trinajstić information content (AvgIpc) is 3.43. The number of pyridine rings is 1. The minimum atomic E-state index is -0.477. The molecule has 0 radical (unpaired) electrons. The van der Waals surface area contributed by atoms with Crippen molar-refractivity contribution >= 4 is 17.3 Å². The Morgan fingerprint density at radius 2 is 1.85 bits per heavy atom. The summed E-state index contributed by atoms with van der Waals surface area (Å²) in [6.45, 7) is 1.98. The van der Waals surface area contributed by atoms with Crippen LogP contribution in [0.15, 0.2) is 52.6 Å². The van der Waals surface area contributed by atoms with E-state index in [1.165, 1.54) is 30.1 Å². The molecule has 0 spiro atoms. The molecule has 3 aromatic heterocycles. The Bertz CT molecular complexity index is 1480. The summed E-state index contributed by atoms with van der Waals surface area (Å²) in [6.07, 6.45) is 8.48. The van der Waals surface area contributed by atoms with Gasteiger partial charge in [-0.05, 0) is 44.0 Å². The van der Waals surface area contributed by atoms with Crippen LogP contribution in [0.5, 0.6) is 0 Å². The van der Waals surface area contributed by atoms with Crippen LogP contribution in [-0.4, -0.2) is 30.6 Å². The molecule has 3 heterocycles. The number of aliphatic hydroxyl groups is 1. The van der Waals surface area contributed by atoms with Crippen LogP contribution >= 0.6 is 11.8 Å². The number of nitriles is 2. The van der Waals surface area contributed by atoms with Crippen molar-refractivity contribution in [1.82, 2.24) is 19.4 Å². The van der Waals surface area contributed by atoms with Crippen molar-refractivity contribution in [2.75, 3.05) is 0 Å². The van der Waals surface area contributed by atoms with Gasteiger partial charge in [0.1, 0.15) is 18.0 Å². The van der Waals surface area contributed by atoms with Crippen molar-refractivity contribution in [3.05, 3.63) is 65.5 Å². The Morgan fingerprint density at radius 1 is 1.06 bits per heavy atom. The number of aliphatic hydroxyl groups excluding tert-OH is 1. The smallest absolute Gasteiger partial charge is 0.124 e. The maximum Gasteiger partial charge on any atom is 0.124 e. The van der Waals surface area contributed by atoms with Crippen molar-refractivity contribution in [2.24, 2.45) is 0 Å². The number of nitrogens with zero attached hydrogens (tertiary/aromatic N) is 6. The van der Waals surface area contributed by atoms with Gasteiger partial charge in [-0.3, -0.25) is 4.68 Å². The molecular formula is C25H21FN6OS. The molecule has 1 unspecified atom stereocenters. The van der Waals surface area contributed by atoms with Crippen molar-refractivity contribution in [1.29, 1.82) is 10.5 Å². The fourth-order valence-electron chi connectivity index (χ4n) is 4.61. The third-order valence-corrected chi connectivity index (χ3v) is 7.45. The monoisotopic (exact) mass is 472 g/mol. The van der Waals surface area contributed by atoms with E-state index in [4.69, 9.17) is 0 Å². The lowest BCUT2D eigenvalue weighted by Gasteiger charge is -2.28. The number of aromatic nitrogens is 4. The Hall–Kier alpha value is -3.66. The minimum Gasteiger partial charge on any atom is -0.391 e. The van der Waals surface area contributed by atoms with Crippen LogP contribution in [0, 0.1) is 35.4 Å². The van der Waals surface area contributed by atoms with E-state index in [0.717, 1.165) is 47.4 Å². The van der Waals surface area contributed by atoms with Crippen molar-refractivity contribution in [3.63, 3.8) is 0 Å². The largest absolute Gasteiger partial charge is 0.391 e. The molecule has 1 fully saturated rings. The van der Waals surface area contributed by atoms with Gasteiger partial charge in [0.05, 0.1) is 41.2 Å². The highest BCUT2D eigenvalue weighted by Crippen LogP contribution is 2.38. The first-order valence-corrected chi connectivity index (χ1v) is 11.8. The molecule has 1 aliphatic rings. The van der Waals surface area contributed by atoms with Crippen LogP contribution in [0.25, 0.3) is 16.6 Å². The zero-order chi connectivity index (χ0) is 23.8. The predicted octanol–water partition coefficient (Wildman–Crippen LogP) is 5.02. The molecule has 170 valence electrons. The molecule has 2 atom stereocenters. The quantitative estimate of drug-likeness (QED) is 0.448. The topological polar surface area (TPSA) is 103 Å². The molecule has 1 N–H and O–H groups in total. The summed E-state index contributed by atoms with van der Waals surface area (Å²) >= 11 is 1.29. The summed E-state index contributed by atoms with van der Waals surface area (Å²) in [5.74, 6) is -0.477. The van der Waals surface area contributed by atoms with Crippen LogP contribution in [-0.2, 0) is 0 Å². The van der Waals surface area contributed by atoms with Crippen LogP contribution in [0.3, 0.4) is 0 Å². The Kier molecular flexibility index (Phi) is 5.82. The molecule has 0 aliphatic heterocycles. The highest BCUT2D eigenvalue weighted by molar-refractivity contribution is 7.99. The van der Waals surface area contributed by atoms with Gasteiger partial charge in [-0.2, -0.15) is 20.7 Å². The summed E-state index contributed by atoms with van der Waals surface area (Å²) in [5.41, 5.74) is 3.94. The molecule has 0 bridgehead atoms. The molecule has 1 aliphatic carbocycles. The van der Waals surface area contributed by atoms with Gasteiger partial charge in [-0.1, -0.05) is 24.6 Å². The van der Waals surface area contributed by atoms with Gasteiger partial charge < -0.3 is 5.11 Å².